The van der Waals surface area contributed by atoms with Gasteiger partial charge in [-0.25, -0.2) is 0 Å². The molecule has 0 bridgehead atoms. The lowest BCUT2D eigenvalue weighted by Crippen LogP contribution is -2.25. The number of benzene rings is 1. The van der Waals surface area contributed by atoms with Crippen LogP contribution in [0.3, 0.4) is 0 Å². The third-order valence-electron chi connectivity index (χ3n) is 3.51. The number of rotatable bonds is 7. The van der Waals surface area contributed by atoms with E-state index in [2.05, 4.69) is 31.9 Å². The van der Waals surface area contributed by atoms with Crippen LogP contribution in [-0.2, 0) is 0 Å². The van der Waals surface area contributed by atoms with Gasteiger partial charge >= 0.3 is 0 Å². The molecule has 98 valence electrons. The van der Waals surface area contributed by atoms with E-state index in [1.807, 2.05) is 24.3 Å². The quantitative estimate of drug-likeness (QED) is 0.718. The van der Waals surface area contributed by atoms with Crippen LogP contribution in [0.25, 0.3) is 0 Å². The minimum absolute atomic E-state index is 0.727. The second-order valence-corrected chi connectivity index (χ2v) is 4.96. The van der Waals surface area contributed by atoms with Gasteiger partial charge in [0.2, 0.25) is 0 Å². The monoisotopic (exact) mass is 244 g/mol. The molecule has 0 radical (unpaired) electrons. The van der Waals surface area contributed by atoms with E-state index in [0.29, 0.717) is 0 Å². The molecule has 1 rings (SSSR count). The minimum Gasteiger partial charge on any atom is -0.374 e. The Hall–Kier alpha value is -1.49. The van der Waals surface area contributed by atoms with Crippen LogP contribution in [0.5, 0.6) is 0 Å². The van der Waals surface area contributed by atoms with Crippen molar-refractivity contribution in [3.05, 3.63) is 29.8 Å². The van der Waals surface area contributed by atoms with Crippen molar-refractivity contribution in [1.82, 2.24) is 0 Å². The molecule has 1 aromatic carbocycles. The topological polar surface area (TPSA) is 27.0 Å². The molecule has 0 amide bonds. The predicted octanol–water partition coefficient (Wildman–Crippen LogP) is 4.21. The molecule has 0 aliphatic heterocycles. The second kappa shape index (κ2) is 7.76. The van der Waals surface area contributed by atoms with Crippen LogP contribution in [0.15, 0.2) is 24.3 Å². The van der Waals surface area contributed by atoms with E-state index in [4.69, 9.17) is 5.26 Å². The lowest BCUT2D eigenvalue weighted by atomic mass is 9.98. The summed E-state index contributed by atoms with van der Waals surface area (Å²) >= 11 is 0. The lowest BCUT2D eigenvalue weighted by Gasteiger charge is -2.25. The van der Waals surface area contributed by atoms with Crippen molar-refractivity contribution < 1.29 is 0 Å². The van der Waals surface area contributed by atoms with Gasteiger partial charge in [0, 0.05) is 19.3 Å². The van der Waals surface area contributed by atoms with E-state index in [1.54, 1.807) is 0 Å². The van der Waals surface area contributed by atoms with E-state index < -0.39 is 0 Å². The van der Waals surface area contributed by atoms with Gasteiger partial charge in [-0.1, -0.05) is 33.1 Å². The summed E-state index contributed by atoms with van der Waals surface area (Å²) < 4.78 is 0. The summed E-state index contributed by atoms with van der Waals surface area (Å²) in [6.45, 7) is 5.62. The zero-order valence-corrected chi connectivity index (χ0v) is 11.8. The average molecular weight is 244 g/mol. The van der Waals surface area contributed by atoms with Gasteiger partial charge in [-0.2, -0.15) is 5.26 Å². The molecule has 0 saturated heterocycles. The molecule has 0 aliphatic carbocycles. The Balaban J connectivity index is 2.57. The SMILES string of the molecule is CCCCC(CC)CN(C)c1ccc(C#N)cc1. The van der Waals surface area contributed by atoms with Crippen molar-refractivity contribution >= 4 is 5.69 Å². The third-order valence-corrected chi connectivity index (χ3v) is 3.51. The first-order valence-corrected chi connectivity index (χ1v) is 6.92. The first-order chi connectivity index (χ1) is 8.71. The molecule has 0 spiro atoms. The summed E-state index contributed by atoms with van der Waals surface area (Å²) in [5.41, 5.74) is 1.93. The largest absolute Gasteiger partial charge is 0.374 e. The Bertz CT molecular complexity index is 375. The van der Waals surface area contributed by atoms with Gasteiger partial charge in [0.25, 0.3) is 0 Å². The second-order valence-electron chi connectivity index (χ2n) is 4.96. The number of nitrogens with zero attached hydrogens (tertiary/aromatic N) is 2. The molecule has 18 heavy (non-hydrogen) atoms. The Morgan fingerprint density at radius 2 is 1.89 bits per heavy atom. The van der Waals surface area contributed by atoms with Gasteiger partial charge in [0.15, 0.2) is 0 Å². The van der Waals surface area contributed by atoms with Crippen LogP contribution < -0.4 is 4.90 Å². The number of hydrogen-bond donors (Lipinski definition) is 0. The summed E-state index contributed by atoms with van der Waals surface area (Å²) in [6.07, 6.45) is 5.14. The molecule has 1 aromatic rings. The molecule has 0 fully saturated rings. The Labute approximate surface area is 111 Å². The van der Waals surface area contributed by atoms with Crippen molar-refractivity contribution in [2.45, 2.75) is 39.5 Å². The summed E-state index contributed by atoms with van der Waals surface area (Å²) in [5, 5.41) is 8.78. The van der Waals surface area contributed by atoms with Gasteiger partial charge in [0.05, 0.1) is 11.6 Å². The van der Waals surface area contributed by atoms with Gasteiger partial charge in [0.1, 0.15) is 0 Å². The van der Waals surface area contributed by atoms with Gasteiger partial charge in [-0.3, -0.25) is 0 Å². The van der Waals surface area contributed by atoms with Crippen molar-refractivity contribution in [3.63, 3.8) is 0 Å². The van der Waals surface area contributed by atoms with Crippen LogP contribution in [-0.4, -0.2) is 13.6 Å². The molecule has 0 aliphatic rings. The highest BCUT2D eigenvalue weighted by molar-refractivity contribution is 5.49. The van der Waals surface area contributed by atoms with Crippen molar-refractivity contribution in [1.29, 1.82) is 5.26 Å². The fourth-order valence-electron chi connectivity index (χ4n) is 2.20. The van der Waals surface area contributed by atoms with Gasteiger partial charge < -0.3 is 4.90 Å². The van der Waals surface area contributed by atoms with E-state index in [0.717, 1.165) is 18.0 Å². The molecule has 1 unspecified atom stereocenters. The maximum Gasteiger partial charge on any atom is 0.0991 e. The molecule has 1 atom stereocenters. The van der Waals surface area contributed by atoms with E-state index in [9.17, 15) is 0 Å². The number of nitriles is 1. The molecule has 0 heterocycles. The fourth-order valence-corrected chi connectivity index (χ4v) is 2.20. The van der Waals surface area contributed by atoms with Crippen LogP contribution in [0, 0.1) is 17.2 Å². The van der Waals surface area contributed by atoms with Crippen LogP contribution in [0.4, 0.5) is 5.69 Å². The zero-order valence-electron chi connectivity index (χ0n) is 11.8. The Kier molecular flexibility index (Phi) is 6.28. The van der Waals surface area contributed by atoms with E-state index in [-0.39, 0.29) is 0 Å². The molecular weight excluding hydrogens is 220 g/mol. The van der Waals surface area contributed by atoms with Crippen LogP contribution in [0.1, 0.15) is 45.1 Å². The molecule has 2 nitrogen and oxygen atoms in total. The van der Waals surface area contributed by atoms with Crippen molar-refractivity contribution in [2.75, 3.05) is 18.5 Å². The molecule has 0 saturated carbocycles. The highest BCUT2D eigenvalue weighted by atomic mass is 15.1. The molecule has 0 aromatic heterocycles. The first-order valence-electron chi connectivity index (χ1n) is 6.92. The van der Waals surface area contributed by atoms with Crippen molar-refractivity contribution in [2.24, 2.45) is 5.92 Å². The number of unbranched alkanes of at least 4 members (excludes halogenated alkanes) is 1. The average Bonchev–Trinajstić information content (AvgIpc) is 2.43. The lowest BCUT2D eigenvalue weighted by molar-refractivity contribution is 0.454. The van der Waals surface area contributed by atoms with Crippen molar-refractivity contribution in [3.8, 4) is 6.07 Å². The highest BCUT2D eigenvalue weighted by Crippen LogP contribution is 2.19. The van der Waals surface area contributed by atoms with E-state index in [1.165, 1.54) is 31.4 Å². The van der Waals surface area contributed by atoms with Gasteiger partial charge in [-0.15, -0.1) is 0 Å². The van der Waals surface area contributed by atoms with E-state index >= 15 is 0 Å². The Morgan fingerprint density at radius 1 is 1.22 bits per heavy atom. The maximum absolute atomic E-state index is 8.78. The summed E-state index contributed by atoms with van der Waals surface area (Å²) in [7, 11) is 2.13. The highest BCUT2D eigenvalue weighted by Gasteiger charge is 2.09. The smallest absolute Gasteiger partial charge is 0.0991 e. The number of hydrogen-bond acceptors (Lipinski definition) is 2. The van der Waals surface area contributed by atoms with Gasteiger partial charge in [-0.05, 0) is 36.6 Å². The molecular formula is C16H24N2. The summed E-state index contributed by atoms with van der Waals surface area (Å²) in [5.74, 6) is 0.769. The fraction of sp³-hybridized carbons (Fsp3) is 0.562. The molecule has 2 heteroatoms. The third kappa shape index (κ3) is 4.41. The molecule has 0 N–H and O–H groups in total. The summed E-state index contributed by atoms with van der Waals surface area (Å²) in [6, 6.07) is 10.00. The maximum atomic E-state index is 8.78. The summed E-state index contributed by atoms with van der Waals surface area (Å²) in [4.78, 5) is 2.30. The number of anilines is 1. The van der Waals surface area contributed by atoms with Crippen LogP contribution >= 0.6 is 0 Å². The zero-order chi connectivity index (χ0) is 13.4. The minimum atomic E-state index is 0.727. The normalized spacial score (nSPS) is 11.9. The van der Waals surface area contributed by atoms with Crippen LogP contribution in [0.2, 0.25) is 0 Å². The predicted molar refractivity (Wildman–Crippen MR) is 77.7 cm³/mol. The standard InChI is InChI=1S/C16H24N2/c1-4-6-7-14(5-2)13-18(3)16-10-8-15(12-17)9-11-16/h8-11,14H,4-7,13H2,1-3H3. The first kappa shape index (κ1) is 14.6. The Morgan fingerprint density at radius 3 is 2.39 bits per heavy atom.